The number of rotatable bonds is 3. The third-order valence-electron chi connectivity index (χ3n) is 2.71. The number of thioether (sulfide) groups is 1. The lowest BCUT2D eigenvalue weighted by atomic mass is 10.1. The molecular formula is C12H11F3N4OS. The van der Waals surface area contributed by atoms with Crippen LogP contribution in [0.4, 0.5) is 19.1 Å². The van der Waals surface area contributed by atoms with E-state index >= 15 is 0 Å². The summed E-state index contributed by atoms with van der Waals surface area (Å²) in [6.45, 7) is 0. The van der Waals surface area contributed by atoms with Gasteiger partial charge in [-0.25, -0.2) is 0 Å². The third-order valence-corrected chi connectivity index (χ3v) is 3.49. The number of benzene rings is 1. The first-order valence-corrected chi connectivity index (χ1v) is 6.96. The van der Waals surface area contributed by atoms with Gasteiger partial charge < -0.3 is 4.57 Å². The Morgan fingerprint density at radius 1 is 1.38 bits per heavy atom. The molecule has 0 aliphatic carbocycles. The molecule has 9 heteroatoms. The van der Waals surface area contributed by atoms with E-state index in [-0.39, 0.29) is 16.4 Å². The zero-order valence-electron chi connectivity index (χ0n) is 11.1. The van der Waals surface area contributed by atoms with Gasteiger partial charge in [0.05, 0.1) is 11.1 Å². The van der Waals surface area contributed by atoms with Crippen molar-refractivity contribution in [1.29, 1.82) is 0 Å². The van der Waals surface area contributed by atoms with Crippen molar-refractivity contribution in [3.05, 3.63) is 35.7 Å². The Morgan fingerprint density at radius 2 is 2.10 bits per heavy atom. The van der Waals surface area contributed by atoms with Crippen molar-refractivity contribution in [3.63, 3.8) is 0 Å². The van der Waals surface area contributed by atoms with Crippen LogP contribution in [-0.4, -0.2) is 26.9 Å². The maximum atomic E-state index is 12.7. The lowest BCUT2D eigenvalue weighted by molar-refractivity contribution is -0.137. The monoisotopic (exact) mass is 316 g/mol. The normalized spacial score (nSPS) is 11.5. The quantitative estimate of drug-likeness (QED) is 0.885. The van der Waals surface area contributed by atoms with Gasteiger partial charge in [0.1, 0.15) is 6.33 Å². The van der Waals surface area contributed by atoms with Crippen LogP contribution >= 0.6 is 11.8 Å². The first-order valence-electron chi connectivity index (χ1n) is 5.73. The number of alkyl halides is 3. The topological polar surface area (TPSA) is 59.8 Å². The van der Waals surface area contributed by atoms with Crippen molar-refractivity contribution in [2.75, 3.05) is 11.6 Å². The van der Waals surface area contributed by atoms with Crippen LogP contribution in [0.15, 0.2) is 29.4 Å². The number of carbonyl (C=O) groups excluding carboxylic acids is 1. The molecule has 0 fully saturated rings. The highest BCUT2D eigenvalue weighted by atomic mass is 32.2. The van der Waals surface area contributed by atoms with Gasteiger partial charge in [-0.2, -0.15) is 13.2 Å². The fourth-order valence-electron chi connectivity index (χ4n) is 1.62. The summed E-state index contributed by atoms with van der Waals surface area (Å²) in [4.78, 5) is 12.4. The lowest BCUT2D eigenvalue weighted by Crippen LogP contribution is -2.16. The van der Waals surface area contributed by atoms with E-state index < -0.39 is 17.6 Å². The summed E-state index contributed by atoms with van der Waals surface area (Å²) in [5.41, 5.74) is -0.638. The molecule has 2 aromatic rings. The number of aromatic nitrogens is 3. The van der Waals surface area contributed by atoms with Gasteiger partial charge in [0.15, 0.2) is 0 Å². The van der Waals surface area contributed by atoms with Crippen molar-refractivity contribution >= 4 is 23.6 Å². The number of halogens is 3. The second-order valence-corrected chi connectivity index (χ2v) is 4.98. The van der Waals surface area contributed by atoms with E-state index in [0.29, 0.717) is 0 Å². The molecule has 1 amide bonds. The zero-order chi connectivity index (χ0) is 15.6. The lowest BCUT2D eigenvalue weighted by Gasteiger charge is -2.12. The average molecular weight is 316 g/mol. The van der Waals surface area contributed by atoms with Crippen LogP contribution in [0.2, 0.25) is 0 Å². The Morgan fingerprint density at radius 3 is 2.62 bits per heavy atom. The standard InChI is InChI=1S/C12H11F3N4OS/c1-19-6-16-18-11(19)17-10(20)8-4-3-7(12(13,14)15)5-9(8)21-2/h3-6H,1-2H3,(H,17,18,20). The molecule has 2 rings (SSSR count). The highest BCUT2D eigenvalue weighted by Crippen LogP contribution is 2.33. The molecule has 0 bridgehead atoms. The summed E-state index contributed by atoms with van der Waals surface area (Å²) in [5, 5.41) is 9.78. The fourth-order valence-corrected chi connectivity index (χ4v) is 2.25. The molecule has 0 unspecified atom stereocenters. The Kier molecular flexibility index (Phi) is 4.21. The molecule has 0 radical (unpaired) electrons. The minimum atomic E-state index is -4.44. The molecule has 0 spiro atoms. The number of hydrogen-bond donors (Lipinski definition) is 1. The largest absolute Gasteiger partial charge is 0.416 e. The molecule has 1 heterocycles. The van der Waals surface area contributed by atoms with Gasteiger partial charge in [-0.05, 0) is 24.5 Å². The smallest absolute Gasteiger partial charge is 0.303 e. The highest BCUT2D eigenvalue weighted by Gasteiger charge is 2.31. The molecule has 0 saturated carbocycles. The molecule has 5 nitrogen and oxygen atoms in total. The molecule has 0 atom stereocenters. The van der Waals surface area contributed by atoms with Crippen LogP contribution in [0.1, 0.15) is 15.9 Å². The molecule has 0 aliphatic rings. The van der Waals surface area contributed by atoms with E-state index in [0.717, 1.165) is 30.0 Å². The number of amides is 1. The molecule has 112 valence electrons. The van der Waals surface area contributed by atoms with Crippen LogP contribution in [0.25, 0.3) is 0 Å². The molecule has 0 saturated heterocycles. The molecule has 1 aromatic carbocycles. The first-order chi connectivity index (χ1) is 9.82. The van der Waals surface area contributed by atoms with Gasteiger partial charge in [-0.1, -0.05) is 0 Å². The zero-order valence-corrected chi connectivity index (χ0v) is 11.9. The second kappa shape index (κ2) is 5.76. The summed E-state index contributed by atoms with van der Waals surface area (Å²) in [6, 6.07) is 2.99. The van der Waals surface area contributed by atoms with Crippen molar-refractivity contribution in [1.82, 2.24) is 14.8 Å². The Balaban J connectivity index is 2.31. The van der Waals surface area contributed by atoms with E-state index in [9.17, 15) is 18.0 Å². The van der Waals surface area contributed by atoms with Crippen molar-refractivity contribution in [3.8, 4) is 0 Å². The van der Waals surface area contributed by atoms with Gasteiger partial charge in [0.2, 0.25) is 5.95 Å². The summed E-state index contributed by atoms with van der Waals surface area (Å²) in [6.07, 6.45) is -1.44. The van der Waals surface area contributed by atoms with E-state index in [1.54, 1.807) is 13.3 Å². The predicted octanol–water partition coefficient (Wildman–Crippen LogP) is 2.81. The SMILES string of the molecule is CSc1cc(C(F)(F)F)ccc1C(=O)Nc1nncn1C. The molecular weight excluding hydrogens is 305 g/mol. The Labute approximate surface area is 122 Å². The predicted molar refractivity (Wildman–Crippen MR) is 72.2 cm³/mol. The summed E-state index contributed by atoms with van der Waals surface area (Å²) >= 11 is 1.07. The third kappa shape index (κ3) is 3.35. The molecule has 1 N–H and O–H groups in total. The van der Waals surface area contributed by atoms with Gasteiger partial charge in [-0.3, -0.25) is 10.1 Å². The minimum absolute atomic E-state index is 0.151. The Bertz CT molecular complexity index is 669. The Hall–Kier alpha value is -2.03. The van der Waals surface area contributed by atoms with Crippen LogP contribution in [-0.2, 0) is 13.2 Å². The first kappa shape index (κ1) is 15.4. The van der Waals surface area contributed by atoms with Crippen LogP contribution in [0.3, 0.4) is 0 Å². The van der Waals surface area contributed by atoms with Gasteiger partial charge in [0.25, 0.3) is 5.91 Å². The number of aryl methyl sites for hydroxylation is 1. The fraction of sp³-hybridized carbons (Fsp3) is 0.250. The number of anilines is 1. The average Bonchev–Trinajstić information content (AvgIpc) is 2.82. The van der Waals surface area contributed by atoms with Gasteiger partial charge >= 0.3 is 6.18 Å². The summed E-state index contributed by atoms with van der Waals surface area (Å²) in [7, 11) is 1.64. The molecule has 1 aromatic heterocycles. The van der Waals surface area contributed by atoms with Crippen LogP contribution in [0, 0.1) is 0 Å². The van der Waals surface area contributed by atoms with Crippen LogP contribution in [0.5, 0.6) is 0 Å². The van der Waals surface area contributed by atoms with E-state index in [2.05, 4.69) is 15.5 Å². The maximum absolute atomic E-state index is 12.7. The number of nitrogens with zero attached hydrogens (tertiary/aromatic N) is 3. The van der Waals surface area contributed by atoms with Gasteiger partial charge in [-0.15, -0.1) is 22.0 Å². The minimum Gasteiger partial charge on any atom is -0.303 e. The summed E-state index contributed by atoms with van der Waals surface area (Å²) in [5.74, 6) is -0.323. The number of carbonyl (C=O) groups is 1. The highest BCUT2D eigenvalue weighted by molar-refractivity contribution is 7.98. The van der Waals surface area contributed by atoms with Crippen LogP contribution < -0.4 is 5.32 Å². The molecule has 21 heavy (non-hydrogen) atoms. The summed E-state index contributed by atoms with van der Waals surface area (Å²) < 4.78 is 39.5. The van der Waals surface area contributed by atoms with E-state index in [1.807, 2.05) is 0 Å². The molecule has 0 aliphatic heterocycles. The van der Waals surface area contributed by atoms with Crippen molar-refractivity contribution in [2.45, 2.75) is 11.1 Å². The van der Waals surface area contributed by atoms with E-state index in [4.69, 9.17) is 0 Å². The number of hydrogen-bond acceptors (Lipinski definition) is 4. The van der Waals surface area contributed by atoms with E-state index in [1.165, 1.54) is 10.9 Å². The van der Waals surface area contributed by atoms with Crippen molar-refractivity contribution < 1.29 is 18.0 Å². The van der Waals surface area contributed by atoms with Gasteiger partial charge in [0, 0.05) is 11.9 Å². The number of nitrogens with one attached hydrogen (secondary N) is 1. The second-order valence-electron chi connectivity index (χ2n) is 4.13. The van der Waals surface area contributed by atoms with Crippen molar-refractivity contribution in [2.24, 2.45) is 7.05 Å². The maximum Gasteiger partial charge on any atom is 0.416 e.